The first-order chi connectivity index (χ1) is 12.0. The van der Waals surface area contributed by atoms with Crippen LogP contribution in [0.15, 0.2) is 48.5 Å². The molecule has 3 aromatic rings. The van der Waals surface area contributed by atoms with Gasteiger partial charge in [0.05, 0.1) is 5.69 Å². The third-order valence-corrected chi connectivity index (χ3v) is 4.57. The van der Waals surface area contributed by atoms with Crippen LogP contribution < -0.4 is 5.32 Å². The monoisotopic (exact) mass is 361 g/mol. The first-order valence-electron chi connectivity index (χ1n) is 7.40. The molecule has 0 aliphatic rings. The Morgan fingerprint density at radius 3 is 2.52 bits per heavy atom. The molecule has 0 unspecified atom stereocenters. The van der Waals surface area contributed by atoms with E-state index in [2.05, 4.69) is 5.32 Å². The Morgan fingerprint density at radius 2 is 1.80 bits per heavy atom. The number of hydrogen-bond donors (Lipinski definition) is 1. The highest BCUT2D eigenvalue weighted by molar-refractivity contribution is 7.20. The van der Waals surface area contributed by atoms with Crippen LogP contribution in [-0.2, 0) is 9.53 Å². The van der Waals surface area contributed by atoms with Crippen molar-refractivity contribution < 1.29 is 23.1 Å². The van der Waals surface area contributed by atoms with Crippen LogP contribution in [0.3, 0.4) is 0 Å². The summed E-state index contributed by atoms with van der Waals surface area (Å²) < 4.78 is 32.9. The van der Waals surface area contributed by atoms with Crippen LogP contribution >= 0.6 is 11.3 Å². The van der Waals surface area contributed by atoms with E-state index in [9.17, 15) is 18.4 Å². The van der Waals surface area contributed by atoms with Crippen molar-refractivity contribution in [2.24, 2.45) is 0 Å². The minimum absolute atomic E-state index is 0.000618. The third-order valence-electron chi connectivity index (χ3n) is 3.49. The molecule has 0 spiro atoms. The van der Waals surface area contributed by atoms with Crippen molar-refractivity contribution in [3.63, 3.8) is 0 Å². The third kappa shape index (κ3) is 3.66. The van der Waals surface area contributed by atoms with Crippen molar-refractivity contribution in [1.29, 1.82) is 0 Å². The number of carbonyl (C=O) groups is 2. The first kappa shape index (κ1) is 17.0. The molecular formula is C18H13F2NO3S. The fraction of sp³-hybridized carbons (Fsp3) is 0.111. The summed E-state index contributed by atoms with van der Waals surface area (Å²) in [7, 11) is 0. The predicted octanol–water partition coefficient (Wildman–Crippen LogP) is 4.36. The average molecular weight is 361 g/mol. The van der Waals surface area contributed by atoms with E-state index in [-0.39, 0.29) is 10.6 Å². The number of benzene rings is 2. The van der Waals surface area contributed by atoms with E-state index >= 15 is 0 Å². The van der Waals surface area contributed by atoms with E-state index in [4.69, 9.17) is 4.74 Å². The Morgan fingerprint density at radius 1 is 1.08 bits per heavy atom. The highest BCUT2D eigenvalue weighted by Gasteiger charge is 2.21. The summed E-state index contributed by atoms with van der Waals surface area (Å²) in [5.74, 6) is -2.42. The van der Waals surface area contributed by atoms with Crippen LogP contribution in [0.4, 0.5) is 14.5 Å². The quantitative estimate of drug-likeness (QED) is 0.703. The lowest BCUT2D eigenvalue weighted by molar-refractivity contribution is -0.123. The zero-order valence-corrected chi connectivity index (χ0v) is 13.9. The molecule has 1 amide bonds. The van der Waals surface area contributed by atoms with E-state index in [1.165, 1.54) is 37.3 Å². The summed E-state index contributed by atoms with van der Waals surface area (Å²) in [6, 6.07) is 11.6. The Bertz CT molecular complexity index is 954. The summed E-state index contributed by atoms with van der Waals surface area (Å²) in [4.78, 5) is 24.4. The van der Waals surface area contributed by atoms with Crippen LogP contribution in [0, 0.1) is 11.6 Å². The average Bonchev–Trinajstić information content (AvgIpc) is 3.02. The molecule has 1 N–H and O–H groups in total. The Kier molecular flexibility index (Phi) is 4.76. The Hall–Kier alpha value is -2.80. The van der Waals surface area contributed by atoms with E-state index < -0.39 is 29.6 Å². The van der Waals surface area contributed by atoms with Gasteiger partial charge >= 0.3 is 5.97 Å². The lowest BCUT2D eigenvalue weighted by Gasteiger charge is -2.13. The summed E-state index contributed by atoms with van der Waals surface area (Å²) in [6.07, 6.45) is -1.14. The highest BCUT2D eigenvalue weighted by Crippen LogP contribution is 2.28. The SMILES string of the molecule is C[C@H](OC(=O)c1cc2c(F)cccc2s1)C(=O)Nc1ccccc1F. The normalized spacial score (nSPS) is 12.0. The molecule has 0 saturated heterocycles. The van der Waals surface area contributed by atoms with Gasteiger partial charge in [0.25, 0.3) is 5.91 Å². The molecule has 0 bridgehead atoms. The van der Waals surface area contributed by atoms with Gasteiger partial charge in [0.2, 0.25) is 0 Å². The van der Waals surface area contributed by atoms with Gasteiger partial charge in [-0.3, -0.25) is 4.79 Å². The second kappa shape index (κ2) is 6.98. The second-order valence-corrected chi connectivity index (χ2v) is 6.36. The Balaban J connectivity index is 1.70. The molecule has 1 atom stereocenters. The molecule has 1 aromatic heterocycles. The molecule has 25 heavy (non-hydrogen) atoms. The lowest BCUT2D eigenvalue weighted by atomic mass is 10.2. The topological polar surface area (TPSA) is 55.4 Å². The number of anilines is 1. The number of hydrogen-bond acceptors (Lipinski definition) is 4. The molecule has 128 valence electrons. The van der Waals surface area contributed by atoms with Crippen LogP contribution in [0.5, 0.6) is 0 Å². The van der Waals surface area contributed by atoms with Gasteiger partial charge < -0.3 is 10.1 Å². The van der Waals surface area contributed by atoms with Gasteiger partial charge in [-0.2, -0.15) is 0 Å². The van der Waals surface area contributed by atoms with Gasteiger partial charge in [-0.25, -0.2) is 13.6 Å². The fourth-order valence-corrected chi connectivity index (χ4v) is 3.15. The molecule has 0 fully saturated rings. The van der Waals surface area contributed by atoms with Crippen molar-refractivity contribution in [2.75, 3.05) is 5.32 Å². The second-order valence-electron chi connectivity index (χ2n) is 5.28. The number of ether oxygens (including phenoxy) is 1. The molecule has 0 radical (unpaired) electrons. The largest absolute Gasteiger partial charge is 0.448 e. The van der Waals surface area contributed by atoms with Gasteiger partial charge in [0.15, 0.2) is 6.10 Å². The molecule has 0 saturated carbocycles. The van der Waals surface area contributed by atoms with Crippen molar-refractivity contribution >= 4 is 39.0 Å². The van der Waals surface area contributed by atoms with Crippen LogP contribution in [0.2, 0.25) is 0 Å². The molecule has 1 heterocycles. The minimum atomic E-state index is -1.14. The van der Waals surface area contributed by atoms with E-state index in [1.807, 2.05) is 0 Å². The number of fused-ring (bicyclic) bond motifs is 1. The number of halogens is 2. The lowest BCUT2D eigenvalue weighted by Crippen LogP contribution is -2.30. The maximum absolute atomic E-state index is 13.7. The molecule has 4 nitrogen and oxygen atoms in total. The van der Waals surface area contributed by atoms with E-state index in [1.54, 1.807) is 18.2 Å². The van der Waals surface area contributed by atoms with Crippen LogP contribution in [0.1, 0.15) is 16.6 Å². The van der Waals surface area contributed by atoms with Gasteiger partial charge in [0, 0.05) is 10.1 Å². The number of para-hydroxylation sites is 1. The summed E-state index contributed by atoms with van der Waals surface area (Å²) in [5.41, 5.74) is -0.000618. The maximum Gasteiger partial charge on any atom is 0.349 e. The number of carbonyl (C=O) groups excluding carboxylic acids is 2. The minimum Gasteiger partial charge on any atom is -0.448 e. The van der Waals surface area contributed by atoms with Crippen LogP contribution in [0.25, 0.3) is 10.1 Å². The number of rotatable bonds is 4. The van der Waals surface area contributed by atoms with Crippen LogP contribution in [-0.4, -0.2) is 18.0 Å². The molecular weight excluding hydrogens is 348 g/mol. The standard InChI is InChI=1S/C18H13F2NO3S/c1-10(17(22)21-14-7-3-2-5-13(14)20)24-18(23)16-9-11-12(19)6-4-8-15(11)25-16/h2-10H,1H3,(H,21,22)/t10-/m0/s1. The van der Waals surface area contributed by atoms with Crippen molar-refractivity contribution in [3.05, 3.63) is 65.0 Å². The zero-order valence-electron chi connectivity index (χ0n) is 13.1. The first-order valence-corrected chi connectivity index (χ1v) is 8.22. The summed E-state index contributed by atoms with van der Waals surface area (Å²) in [6.45, 7) is 1.38. The fourth-order valence-electron chi connectivity index (χ4n) is 2.20. The maximum atomic E-state index is 13.7. The van der Waals surface area contributed by atoms with Gasteiger partial charge in [-0.05, 0) is 37.3 Å². The predicted molar refractivity (Wildman–Crippen MR) is 91.7 cm³/mol. The van der Waals surface area contributed by atoms with Crippen molar-refractivity contribution in [2.45, 2.75) is 13.0 Å². The number of nitrogens with one attached hydrogen (secondary N) is 1. The summed E-state index contributed by atoms with van der Waals surface area (Å²) >= 11 is 1.07. The smallest absolute Gasteiger partial charge is 0.349 e. The molecule has 0 aliphatic heterocycles. The number of amides is 1. The van der Waals surface area contributed by atoms with Gasteiger partial charge in [0.1, 0.15) is 16.5 Å². The molecule has 2 aromatic carbocycles. The molecule has 0 aliphatic carbocycles. The summed E-state index contributed by atoms with van der Waals surface area (Å²) in [5, 5.41) is 2.68. The zero-order chi connectivity index (χ0) is 18.0. The van der Waals surface area contributed by atoms with Gasteiger partial charge in [-0.1, -0.05) is 18.2 Å². The van der Waals surface area contributed by atoms with E-state index in [0.717, 1.165) is 11.3 Å². The number of thiophene rings is 1. The molecule has 7 heteroatoms. The van der Waals surface area contributed by atoms with E-state index in [0.29, 0.717) is 10.1 Å². The van der Waals surface area contributed by atoms with Gasteiger partial charge in [-0.15, -0.1) is 11.3 Å². The highest BCUT2D eigenvalue weighted by atomic mass is 32.1. The Labute approximate surface area is 146 Å². The molecule has 3 rings (SSSR count). The van der Waals surface area contributed by atoms with Crippen molar-refractivity contribution in [3.8, 4) is 0 Å². The van der Waals surface area contributed by atoms with Crippen molar-refractivity contribution in [1.82, 2.24) is 0 Å². The number of esters is 1.